The minimum atomic E-state index is -1.00. The van der Waals surface area contributed by atoms with E-state index >= 15 is 0 Å². The van der Waals surface area contributed by atoms with Gasteiger partial charge in [-0.1, -0.05) is 62.6 Å². The first kappa shape index (κ1) is 28.8. The third-order valence-corrected chi connectivity index (χ3v) is 7.63. The van der Waals surface area contributed by atoms with Gasteiger partial charge in [0.25, 0.3) is 0 Å². The Morgan fingerprint density at radius 1 is 0.795 bits per heavy atom. The van der Waals surface area contributed by atoms with Gasteiger partial charge in [-0.25, -0.2) is 17.6 Å². The van der Waals surface area contributed by atoms with E-state index in [1.165, 1.54) is 25.1 Å². The smallest absolute Gasteiger partial charge is 0.200 e. The second kappa shape index (κ2) is 13.3. The van der Waals surface area contributed by atoms with Gasteiger partial charge in [0, 0.05) is 0 Å². The summed E-state index contributed by atoms with van der Waals surface area (Å²) in [4.78, 5) is 0. The molecule has 0 spiro atoms. The zero-order chi connectivity index (χ0) is 27.9. The SMILES string of the molecule is CCCCCCOc1ccc(CCc2ccc(C3=CCC(c4ccc(C)c(F)c4F)CC3)cc2F)c(F)c1F. The van der Waals surface area contributed by atoms with Crippen LogP contribution in [0.25, 0.3) is 5.57 Å². The number of halogens is 5. The Hall–Kier alpha value is -3.15. The zero-order valence-corrected chi connectivity index (χ0v) is 22.6. The van der Waals surface area contributed by atoms with Gasteiger partial charge in [-0.2, -0.15) is 4.39 Å². The largest absolute Gasteiger partial charge is 0.490 e. The summed E-state index contributed by atoms with van der Waals surface area (Å²) < 4.78 is 77.9. The number of unbranched alkanes of at least 4 members (excludes halogenated alkanes) is 3. The first-order chi connectivity index (χ1) is 18.8. The Balaban J connectivity index is 1.36. The van der Waals surface area contributed by atoms with Crippen LogP contribution in [0.2, 0.25) is 0 Å². The molecule has 0 aliphatic heterocycles. The Morgan fingerprint density at radius 3 is 2.28 bits per heavy atom. The molecule has 4 rings (SSSR count). The van der Waals surface area contributed by atoms with E-state index in [1.807, 2.05) is 12.1 Å². The van der Waals surface area contributed by atoms with Gasteiger partial charge in [0.2, 0.25) is 5.82 Å². The molecule has 0 heterocycles. The van der Waals surface area contributed by atoms with Crippen molar-refractivity contribution in [3.05, 3.63) is 105 Å². The molecule has 3 aromatic rings. The Bertz CT molecular complexity index is 1330. The molecule has 0 amide bonds. The summed E-state index contributed by atoms with van der Waals surface area (Å²) >= 11 is 0. The van der Waals surface area contributed by atoms with Gasteiger partial charge in [0.1, 0.15) is 5.82 Å². The van der Waals surface area contributed by atoms with Crippen LogP contribution in [-0.4, -0.2) is 6.61 Å². The van der Waals surface area contributed by atoms with E-state index in [2.05, 4.69) is 6.92 Å². The molecule has 0 saturated heterocycles. The van der Waals surface area contributed by atoms with Crippen molar-refractivity contribution in [3.63, 3.8) is 0 Å². The highest BCUT2D eigenvalue weighted by atomic mass is 19.2. The molecule has 1 aliphatic carbocycles. The van der Waals surface area contributed by atoms with E-state index in [0.717, 1.165) is 36.8 Å². The van der Waals surface area contributed by atoms with Gasteiger partial charge >= 0.3 is 0 Å². The summed E-state index contributed by atoms with van der Waals surface area (Å²) in [6, 6.07) is 11.1. The molecule has 0 bridgehead atoms. The number of hydrogen-bond acceptors (Lipinski definition) is 1. The molecule has 0 aromatic heterocycles. The van der Waals surface area contributed by atoms with Crippen molar-refractivity contribution in [2.24, 2.45) is 0 Å². The Labute approximate surface area is 227 Å². The van der Waals surface area contributed by atoms with Crippen molar-refractivity contribution < 1.29 is 26.7 Å². The van der Waals surface area contributed by atoms with Crippen LogP contribution in [0, 0.1) is 36.0 Å². The minimum Gasteiger partial charge on any atom is -0.490 e. The average Bonchev–Trinajstić information content (AvgIpc) is 2.94. The van der Waals surface area contributed by atoms with Crippen LogP contribution in [0.3, 0.4) is 0 Å². The highest BCUT2D eigenvalue weighted by molar-refractivity contribution is 5.67. The summed E-state index contributed by atoms with van der Waals surface area (Å²) in [6.07, 6.45) is 8.06. The quantitative estimate of drug-likeness (QED) is 0.173. The van der Waals surface area contributed by atoms with Crippen molar-refractivity contribution in [3.8, 4) is 5.75 Å². The molecule has 1 nitrogen and oxygen atoms in total. The van der Waals surface area contributed by atoms with Crippen molar-refractivity contribution in [2.75, 3.05) is 6.61 Å². The molecule has 208 valence electrons. The summed E-state index contributed by atoms with van der Waals surface area (Å²) in [5, 5.41) is 0. The summed E-state index contributed by atoms with van der Waals surface area (Å²) in [5.74, 6) is -4.17. The predicted molar refractivity (Wildman–Crippen MR) is 145 cm³/mol. The van der Waals surface area contributed by atoms with Crippen LogP contribution < -0.4 is 4.74 Å². The second-order valence-electron chi connectivity index (χ2n) is 10.4. The van der Waals surface area contributed by atoms with E-state index in [-0.39, 0.29) is 35.6 Å². The van der Waals surface area contributed by atoms with Crippen molar-refractivity contribution in [2.45, 2.75) is 77.6 Å². The van der Waals surface area contributed by atoms with Gasteiger partial charge in [-0.05, 0) is 96.9 Å². The van der Waals surface area contributed by atoms with Crippen molar-refractivity contribution in [1.82, 2.24) is 0 Å². The maximum absolute atomic E-state index is 15.0. The summed E-state index contributed by atoms with van der Waals surface area (Å²) in [5.41, 5.74) is 2.96. The lowest BCUT2D eigenvalue weighted by molar-refractivity contribution is 0.284. The maximum atomic E-state index is 15.0. The van der Waals surface area contributed by atoms with Gasteiger partial charge < -0.3 is 4.74 Å². The Morgan fingerprint density at radius 2 is 1.56 bits per heavy atom. The van der Waals surface area contributed by atoms with Crippen LogP contribution in [0.15, 0.2) is 48.5 Å². The third kappa shape index (κ3) is 6.90. The van der Waals surface area contributed by atoms with Gasteiger partial charge in [-0.15, -0.1) is 0 Å². The molecule has 1 unspecified atom stereocenters. The third-order valence-electron chi connectivity index (χ3n) is 7.63. The molecule has 0 radical (unpaired) electrons. The van der Waals surface area contributed by atoms with Crippen LogP contribution >= 0.6 is 0 Å². The number of ether oxygens (including phenoxy) is 1. The molecule has 0 fully saturated rings. The van der Waals surface area contributed by atoms with Crippen LogP contribution in [0.4, 0.5) is 22.0 Å². The van der Waals surface area contributed by atoms with Crippen LogP contribution in [0.5, 0.6) is 5.75 Å². The number of hydrogen-bond donors (Lipinski definition) is 0. The molecule has 0 N–H and O–H groups in total. The monoisotopic (exact) mass is 542 g/mol. The fourth-order valence-corrected chi connectivity index (χ4v) is 5.16. The number of benzene rings is 3. The van der Waals surface area contributed by atoms with Crippen LogP contribution in [-0.2, 0) is 12.8 Å². The van der Waals surface area contributed by atoms with Gasteiger partial charge in [0.15, 0.2) is 23.2 Å². The first-order valence-corrected chi connectivity index (χ1v) is 13.8. The fourth-order valence-electron chi connectivity index (χ4n) is 5.16. The van der Waals surface area contributed by atoms with E-state index < -0.39 is 29.1 Å². The average molecular weight is 543 g/mol. The predicted octanol–water partition coefficient (Wildman–Crippen LogP) is 9.79. The standard InChI is InChI=1S/C33H35F5O/c1-3-4-5-6-19-39-29-18-16-25(31(36)33(29)38)14-12-24-13-15-26(20-28(24)34)22-8-10-23(11-9-22)27-17-7-21(2)30(35)32(27)37/h7-8,13,15-18,20,23H,3-6,9-12,14,19H2,1-2H3. The number of allylic oxidation sites excluding steroid dienone is 2. The van der Waals surface area contributed by atoms with Crippen LogP contribution in [0.1, 0.15) is 85.6 Å². The van der Waals surface area contributed by atoms with E-state index in [4.69, 9.17) is 4.74 Å². The number of aryl methyl sites for hydroxylation is 3. The van der Waals surface area contributed by atoms with Gasteiger partial charge in [0.05, 0.1) is 6.61 Å². The molecular weight excluding hydrogens is 507 g/mol. The normalized spacial score (nSPS) is 15.4. The van der Waals surface area contributed by atoms with Crippen molar-refractivity contribution in [1.29, 1.82) is 0 Å². The topological polar surface area (TPSA) is 9.23 Å². The maximum Gasteiger partial charge on any atom is 0.200 e. The molecule has 39 heavy (non-hydrogen) atoms. The lowest BCUT2D eigenvalue weighted by atomic mass is 9.82. The summed E-state index contributed by atoms with van der Waals surface area (Å²) in [6.45, 7) is 3.97. The summed E-state index contributed by atoms with van der Waals surface area (Å²) in [7, 11) is 0. The minimum absolute atomic E-state index is 0.0958. The highest BCUT2D eigenvalue weighted by Gasteiger charge is 2.23. The molecule has 0 saturated carbocycles. The zero-order valence-electron chi connectivity index (χ0n) is 22.6. The molecule has 6 heteroatoms. The molecular formula is C33H35F5O. The van der Waals surface area contributed by atoms with Gasteiger partial charge in [-0.3, -0.25) is 0 Å². The first-order valence-electron chi connectivity index (χ1n) is 13.8. The highest BCUT2D eigenvalue weighted by Crippen LogP contribution is 2.38. The lowest BCUT2D eigenvalue weighted by Gasteiger charge is -2.23. The molecule has 1 atom stereocenters. The van der Waals surface area contributed by atoms with E-state index in [9.17, 15) is 22.0 Å². The van der Waals surface area contributed by atoms with Crippen molar-refractivity contribution >= 4 is 5.57 Å². The number of rotatable bonds is 11. The fraction of sp³-hybridized carbons (Fsp3) is 0.394. The van der Waals surface area contributed by atoms with E-state index in [1.54, 1.807) is 18.2 Å². The second-order valence-corrected chi connectivity index (χ2v) is 10.4. The lowest BCUT2D eigenvalue weighted by Crippen LogP contribution is -2.08. The molecule has 1 aliphatic rings. The molecule has 3 aromatic carbocycles. The Kier molecular flexibility index (Phi) is 9.82. The van der Waals surface area contributed by atoms with E-state index in [0.29, 0.717) is 37.0 Å².